The third kappa shape index (κ3) is 5.07. The standard InChI is InChI=1S/C19H17F3N4O5/c1-11-13(9-23)17(27)25(6-3-7-31-2)18(28)14(11)10-24-12-4-5-16(26(29)30)15(8-12)19(20,21)22/h4-5,8,10,28H,3,6-7H2,1-2H3. The van der Waals surface area contributed by atoms with Crippen LogP contribution in [0.2, 0.25) is 0 Å². The summed E-state index contributed by atoms with van der Waals surface area (Å²) in [5, 5.41) is 30.7. The topological polar surface area (TPSA) is 131 Å². The third-order valence-electron chi connectivity index (χ3n) is 4.40. The van der Waals surface area contributed by atoms with Gasteiger partial charge in [0.1, 0.15) is 17.2 Å². The van der Waals surface area contributed by atoms with Gasteiger partial charge in [-0.15, -0.1) is 0 Å². The summed E-state index contributed by atoms with van der Waals surface area (Å²) in [6.45, 7) is 1.70. The Kier molecular flexibility index (Phi) is 7.14. The van der Waals surface area contributed by atoms with Crippen LogP contribution in [-0.2, 0) is 17.5 Å². The Morgan fingerprint density at radius 1 is 1.42 bits per heavy atom. The maximum atomic E-state index is 13.1. The van der Waals surface area contributed by atoms with Gasteiger partial charge in [-0.1, -0.05) is 0 Å². The lowest BCUT2D eigenvalue weighted by Gasteiger charge is -2.14. The Morgan fingerprint density at radius 2 is 2.10 bits per heavy atom. The van der Waals surface area contributed by atoms with E-state index < -0.39 is 33.8 Å². The van der Waals surface area contributed by atoms with E-state index in [0.717, 1.165) is 16.8 Å². The molecule has 0 unspecified atom stereocenters. The normalized spacial score (nSPS) is 11.6. The number of nitro benzene ring substituents is 1. The summed E-state index contributed by atoms with van der Waals surface area (Å²) in [7, 11) is 1.45. The van der Waals surface area contributed by atoms with Crippen LogP contribution in [0, 0.1) is 28.4 Å². The SMILES string of the molecule is COCCCn1c(O)c(C=Nc2ccc([N+](=O)[O-])c(C(F)(F)F)c2)c(C)c(C#N)c1=O. The summed E-state index contributed by atoms with van der Waals surface area (Å²) in [5.41, 5.74) is -3.79. The zero-order valence-electron chi connectivity index (χ0n) is 16.4. The minimum absolute atomic E-state index is 0.0318. The molecule has 2 aromatic rings. The summed E-state index contributed by atoms with van der Waals surface area (Å²) >= 11 is 0. The van der Waals surface area contributed by atoms with Gasteiger partial charge in [0.25, 0.3) is 11.2 Å². The average Bonchev–Trinajstić information content (AvgIpc) is 2.70. The number of rotatable bonds is 7. The number of aromatic hydroxyl groups is 1. The number of aromatic nitrogens is 1. The van der Waals surface area contributed by atoms with Crippen LogP contribution in [0.25, 0.3) is 0 Å². The fraction of sp³-hybridized carbons (Fsp3) is 0.316. The molecule has 31 heavy (non-hydrogen) atoms. The Bertz CT molecular complexity index is 1130. The van der Waals surface area contributed by atoms with E-state index in [1.165, 1.54) is 14.0 Å². The predicted octanol–water partition coefficient (Wildman–Crippen LogP) is 3.45. The van der Waals surface area contributed by atoms with E-state index >= 15 is 0 Å². The van der Waals surface area contributed by atoms with Crippen molar-refractivity contribution < 1.29 is 27.9 Å². The van der Waals surface area contributed by atoms with Gasteiger partial charge in [0, 0.05) is 32.5 Å². The number of nitriles is 1. The largest absolute Gasteiger partial charge is 0.494 e. The Labute approximate surface area is 173 Å². The van der Waals surface area contributed by atoms with Crippen LogP contribution in [0.5, 0.6) is 5.88 Å². The maximum Gasteiger partial charge on any atom is 0.423 e. The molecule has 0 saturated carbocycles. The van der Waals surface area contributed by atoms with Gasteiger partial charge in [-0.25, -0.2) is 0 Å². The van der Waals surface area contributed by atoms with Gasteiger partial charge in [0.2, 0.25) is 5.88 Å². The molecule has 0 amide bonds. The number of pyridine rings is 1. The molecule has 164 valence electrons. The molecule has 1 heterocycles. The van der Waals surface area contributed by atoms with Crippen molar-refractivity contribution in [1.82, 2.24) is 4.57 Å². The monoisotopic (exact) mass is 438 g/mol. The summed E-state index contributed by atoms with van der Waals surface area (Å²) in [5.74, 6) is -0.515. The molecule has 1 N–H and O–H groups in total. The minimum atomic E-state index is -4.98. The lowest BCUT2D eigenvalue weighted by molar-refractivity contribution is -0.388. The molecule has 0 spiro atoms. The van der Waals surface area contributed by atoms with Crippen LogP contribution < -0.4 is 5.56 Å². The molecule has 0 aliphatic carbocycles. The van der Waals surface area contributed by atoms with Crippen molar-refractivity contribution in [2.75, 3.05) is 13.7 Å². The van der Waals surface area contributed by atoms with E-state index in [4.69, 9.17) is 4.74 Å². The Balaban J connectivity index is 2.58. The van der Waals surface area contributed by atoms with Gasteiger partial charge in [-0.05, 0) is 31.0 Å². The van der Waals surface area contributed by atoms with Gasteiger partial charge in [0.05, 0.1) is 16.2 Å². The number of hydrogen-bond donors (Lipinski definition) is 1. The smallest absolute Gasteiger partial charge is 0.423 e. The summed E-state index contributed by atoms with van der Waals surface area (Å²) in [4.78, 5) is 26.0. The van der Waals surface area contributed by atoms with Crippen LogP contribution in [0.4, 0.5) is 24.5 Å². The highest BCUT2D eigenvalue weighted by Gasteiger charge is 2.38. The Hall–Kier alpha value is -3.72. The van der Waals surface area contributed by atoms with Crippen molar-refractivity contribution in [1.29, 1.82) is 5.26 Å². The second-order valence-corrected chi connectivity index (χ2v) is 6.37. The van der Waals surface area contributed by atoms with Gasteiger partial charge >= 0.3 is 6.18 Å². The molecule has 12 heteroatoms. The number of ether oxygens (including phenoxy) is 1. The first-order valence-corrected chi connectivity index (χ1v) is 8.78. The highest BCUT2D eigenvalue weighted by molar-refractivity contribution is 5.87. The number of benzene rings is 1. The molecule has 0 bridgehead atoms. The number of nitro groups is 1. The van der Waals surface area contributed by atoms with Crippen LogP contribution >= 0.6 is 0 Å². The molecule has 0 fully saturated rings. The molecule has 0 saturated heterocycles. The molecule has 9 nitrogen and oxygen atoms in total. The number of halogens is 3. The Morgan fingerprint density at radius 3 is 2.65 bits per heavy atom. The first-order valence-electron chi connectivity index (χ1n) is 8.78. The van der Waals surface area contributed by atoms with Crippen molar-refractivity contribution in [3.05, 3.63) is 60.9 Å². The second kappa shape index (κ2) is 9.40. The van der Waals surface area contributed by atoms with Crippen LogP contribution in [0.3, 0.4) is 0 Å². The van der Waals surface area contributed by atoms with E-state index in [-0.39, 0.29) is 35.5 Å². The summed E-state index contributed by atoms with van der Waals surface area (Å²) in [6, 6.07) is 3.93. The molecule has 2 rings (SSSR count). The molecule has 0 aliphatic heterocycles. The highest BCUT2D eigenvalue weighted by atomic mass is 19.4. The third-order valence-corrected chi connectivity index (χ3v) is 4.40. The number of nitrogens with zero attached hydrogens (tertiary/aromatic N) is 4. The molecule has 0 radical (unpaired) electrons. The van der Waals surface area contributed by atoms with Gasteiger partial charge < -0.3 is 9.84 Å². The fourth-order valence-corrected chi connectivity index (χ4v) is 2.83. The van der Waals surface area contributed by atoms with Gasteiger partial charge in [-0.3, -0.25) is 24.5 Å². The maximum absolute atomic E-state index is 13.1. The molecule has 0 aliphatic rings. The van der Waals surface area contributed by atoms with Crippen molar-refractivity contribution in [3.63, 3.8) is 0 Å². The molecule has 1 aromatic carbocycles. The quantitative estimate of drug-likeness (QED) is 0.305. The second-order valence-electron chi connectivity index (χ2n) is 6.37. The average molecular weight is 438 g/mol. The lowest BCUT2D eigenvalue weighted by atomic mass is 10.1. The first-order chi connectivity index (χ1) is 14.5. The van der Waals surface area contributed by atoms with Crippen molar-refractivity contribution in [2.24, 2.45) is 4.99 Å². The number of aliphatic imine (C=N–C) groups is 1. The zero-order chi connectivity index (χ0) is 23.3. The predicted molar refractivity (Wildman–Crippen MR) is 104 cm³/mol. The fourth-order valence-electron chi connectivity index (χ4n) is 2.83. The van der Waals surface area contributed by atoms with E-state index in [2.05, 4.69) is 4.99 Å². The summed E-state index contributed by atoms with van der Waals surface area (Å²) < 4.78 is 45.3. The van der Waals surface area contributed by atoms with Crippen LogP contribution in [0.1, 0.15) is 28.7 Å². The van der Waals surface area contributed by atoms with E-state index in [1.807, 2.05) is 0 Å². The number of methoxy groups -OCH3 is 1. The zero-order valence-corrected chi connectivity index (χ0v) is 16.4. The van der Waals surface area contributed by atoms with Crippen molar-refractivity contribution >= 4 is 17.6 Å². The highest BCUT2D eigenvalue weighted by Crippen LogP contribution is 2.38. The van der Waals surface area contributed by atoms with E-state index in [9.17, 15) is 38.4 Å². The van der Waals surface area contributed by atoms with Crippen molar-refractivity contribution in [2.45, 2.75) is 26.1 Å². The molecule has 1 aromatic heterocycles. The van der Waals surface area contributed by atoms with Crippen LogP contribution in [-0.4, -0.2) is 34.5 Å². The first kappa shape index (κ1) is 23.6. The van der Waals surface area contributed by atoms with E-state index in [1.54, 1.807) is 6.07 Å². The lowest BCUT2D eigenvalue weighted by Crippen LogP contribution is -2.26. The molecule has 0 atom stereocenters. The number of alkyl halides is 3. The van der Waals surface area contributed by atoms with E-state index in [0.29, 0.717) is 18.6 Å². The van der Waals surface area contributed by atoms with Crippen LogP contribution in [0.15, 0.2) is 28.0 Å². The molecular formula is C19H17F3N4O5. The molecular weight excluding hydrogens is 421 g/mol. The van der Waals surface area contributed by atoms with Gasteiger partial charge in [-0.2, -0.15) is 18.4 Å². The number of hydrogen-bond acceptors (Lipinski definition) is 7. The minimum Gasteiger partial charge on any atom is -0.494 e. The summed E-state index contributed by atoms with van der Waals surface area (Å²) in [6.07, 6.45) is -3.63. The van der Waals surface area contributed by atoms with Gasteiger partial charge in [0.15, 0.2) is 0 Å². The van der Waals surface area contributed by atoms with Crippen molar-refractivity contribution in [3.8, 4) is 11.9 Å².